The van der Waals surface area contributed by atoms with Crippen LogP contribution in [0, 0.1) is 5.41 Å². The van der Waals surface area contributed by atoms with Crippen molar-refractivity contribution in [3.63, 3.8) is 0 Å². The van der Waals surface area contributed by atoms with Gasteiger partial charge < -0.3 is 15.5 Å². The fraction of sp³-hybridized carbons (Fsp3) is 0.500. The molecule has 5 amide bonds. The molecule has 4 aliphatic heterocycles. The van der Waals surface area contributed by atoms with E-state index in [1.165, 1.54) is 6.07 Å². The van der Waals surface area contributed by atoms with E-state index < -0.39 is 29.7 Å². The highest BCUT2D eigenvalue weighted by Crippen LogP contribution is 2.37. The number of carbonyl (C=O) groups is 5. The van der Waals surface area contributed by atoms with E-state index in [2.05, 4.69) is 16.0 Å². The monoisotopic (exact) mass is 439 g/mol. The van der Waals surface area contributed by atoms with Crippen molar-refractivity contribution in [2.24, 2.45) is 5.41 Å². The molecule has 10 heteroatoms. The van der Waals surface area contributed by atoms with Crippen LogP contribution in [0.15, 0.2) is 18.2 Å². The Labute approximate surface area is 184 Å². The summed E-state index contributed by atoms with van der Waals surface area (Å²) >= 11 is 0. The van der Waals surface area contributed by atoms with Crippen molar-refractivity contribution in [2.75, 3.05) is 38.0 Å². The number of anilines is 1. The second-order valence-electron chi connectivity index (χ2n) is 9.06. The molecule has 0 aromatic heterocycles. The topological polar surface area (TPSA) is 128 Å². The predicted molar refractivity (Wildman–Crippen MR) is 113 cm³/mol. The molecule has 3 fully saturated rings. The minimum atomic E-state index is -1.02. The van der Waals surface area contributed by atoms with Crippen LogP contribution in [0.5, 0.6) is 0 Å². The second-order valence-corrected chi connectivity index (χ2v) is 9.06. The zero-order valence-electron chi connectivity index (χ0n) is 17.6. The first-order valence-corrected chi connectivity index (χ1v) is 11.0. The van der Waals surface area contributed by atoms with Gasteiger partial charge in [0.25, 0.3) is 11.8 Å². The number of rotatable bonds is 4. The van der Waals surface area contributed by atoms with Crippen LogP contribution in [0.1, 0.15) is 46.4 Å². The van der Waals surface area contributed by atoms with E-state index in [4.69, 9.17) is 0 Å². The van der Waals surface area contributed by atoms with Crippen molar-refractivity contribution in [1.82, 2.24) is 20.4 Å². The molecule has 4 heterocycles. The number of carbonyl (C=O) groups excluding carboxylic acids is 5. The van der Waals surface area contributed by atoms with Gasteiger partial charge in [-0.1, -0.05) is 6.07 Å². The molecule has 4 aliphatic rings. The van der Waals surface area contributed by atoms with Gasteiger partial charge in [0.2, 0.25) is 17.7 Å². The Morgan fingerprint density at radius 3 is 2.69 bits per heavy atom. The molecular weight excluding hydrogens is 414 g/mol. The van der Waals surface area contributed by atoms with Gasteiger partial charge in [0, 0.05) is 37.2 Å². The molecule has 1 atom stereocenters. The lowest BCUT2D eigenvalue weighted by Crippen LogP contribution is -2.64. The Balaban J connectivity index is 1.27. The number of imide groups is 2. The van der Waals surface area contributed by atoms with Crippen molar-refractivity contribution in [2.45, 2.75) is 31.7 Å². The maximum atomic E-state index is 13.1. The molecule has 0 bridgehead atoms. The lowest BCUT2D eigenvalue weighted by atomic mass is 9.74. The number of hydrogen-bond donors (Lipinski definition) is 3. The third-order valence-electron chi connectivity index (χ3n) is 6.86. The summed E-state index contributed by atoms with van der Waals surface area (Å²) in [4.78, 5) is 65.0. The maximum absolute atomic E-state index is 13.1. The van der Waals surface area contributed by atoms with Gasteiger partial charge >= 0.3 is 0 Å². The van der Waals surface area contributed by atoms with Crippen LogP contribution in [0.2, 0.25) is 0 Å². The van der Waals surface area contributed by atoms with Crippen LogP contribution in [0.3, 0.4) is 0 Å². The summed E-state index contributed by atoms with van der Waals surface area (Å²) in [7, 11) is 0. The Morgan fingerprint density at radius 2 is 1.97 bits per heavy atom. The minimum absolute atomic E-state index is 0.0137. The van der Waals surface area contributed by atoms with Crippen LogP contribution in [0.4, 0.5) is 5.69 Å². The summed E-state index contributed by atoms with van der Waals surface area (Å²) in [6.45, 7) is 3.43. The second kappa shape index (κ2) is 7.70. The summed E-state index contributed by atoms with van der Waals surface area (Å²) in [5.74, 6) is -2.28. The van der Waals surface area contributed by atoms with Crippen LogP contribution < -0.4 is 16.0 Å². The molecule has 10 nitrogen and oxygen atoms in total. The zero-order chi connectivity index (χ0) is 22.5. The Kier molecular flexibility index (Phi) is 4.96. The molecule has 1 aromatic carbocycles. The summed E-state index contributed by atoms with van der Waals surface area (Å²) in [6, 6.07) is 3.80. The Hall–Kier alpha value is -3.27. The van der Waals surface area contributed by atoms with Crippen molar-refractivity contribution in [1.29, 1.82) is 0 Å². The Bertz CT molecular complexity index is 1020. The van der Waals surface area contributed by atoms with E-state index in [1.807, 2.05) is 4.90 Å². The van der Waals surface area contributed by atoms with Gasteiger partial charge in [-0.05, 0) is 37.9 Å². The van der Waals surface area contributed by atoms with Crippen molar-refractivity contribution >= 4 is 35.2 Å². The Morgan fingerprint density at radius 1 is 1.16 bits per heavy atom. The van der Waals surface area contributed by atoms with Gasteiger partial charge in [-0.15, -0.1) is 0 Å². The average molecular weight is 439 g/mol. The highest BCUT2D eigenvalue weighted by atomic mass is 16.2. The maximum Gasteiger partial charge on any atom is 0.264 e. The number of fused-ring (bicyclic) bond motifs is 1. The third kappa shape index (κ3) is 3.35. The van der Waals surface area contributed by atoms with Crippen LogP contribution >= 0.6 is 0 Å². The first-order chi connectivity index (χ1) is 15.4. The van der Waals surface area contributed by atoms with Gasteiger partial charge in [0.05, 0.1) is 17.7 Å². The standard InChI is InChI=1S/C22H25N5O5/c28-16-6-5-15(19(30)25-16)27-20(31)13-3-1-4-14(18(13)21(27)32)24-9-17(29)26-11-22(12-26)7-2-8-23-10-22/h1,3-4,15,23-24H,2,5-12H2,(H,25,28,30). The number of hydrogen-bond acceptors (Lipinski definition) is 7. The summed E-state index contributed by atoms with van der Waals surface area (Å²) in [5, 5.41) is 8.60. The summed E-state index contributed by atoms with van der Waals surface area (Å²) in [5.41, 5.74) is 0.922. The third-order valence-corrected chi connectivity index (χ3v) is 6.86. The van der Waals surface area contributed by atoms with E-state index in [-0.39, 0.29) is 41.8 Å². The number of nitrogens with zero attached hydrogens (tertiary/aromatic N) is 2. The van der Waals surface area contributed by atoms with Crippen molar-refractivity contribution in [3.8, 4) is 0 Å². The van der Waals surface area contributed by atoms with E-state index >= 15 is 0 Å². The highest BCUT2D eigenvalue weighted by Gasteiger charge is 2.47. The number of likely N-dealkylation sites (tertiary alicyclic amines) is 1. The van der Waals surface area contributed by atoms with E-state index in [9.17, 15) is 24.0 Å². The molecule has 1 aromatic rings. The molecule has 3 N–H and O–H groups in total. The SMILES string of the molecule is O=C1CCC(N2C(=O)c3cccc(NCC(=O)N4CC5(CCCNC5)C4)c3C2=O)C(=O)N1. The molecule has 168 valence electrons. The van der Waals surface area contributed by atoms with Crippen LogP contribution in [-0.2, 0) is 14.4 Å². The van der Waals surface area contributed by atoms with Gasteiger partial charge in [-0.3, -0.25) is 34.2 Å². The number of nitrogens with one attached hydrogen (secondary N) is 3. The molecule has 0 aliphatic carbocycles. The molecule has 32 heavy (non-hydrogen) atoms. The molecule has 5 rings (SSSR count). The molecule has 1 unspecified atom stereocenters. The van der Waals surface area contributed by atoms with Gasteiger partial charge in [-0.2, -0.15) is 0 Å². The normalized spacial score (nSPS) is 24.3. The van der Waals surface area contributed by atoms with Crippen LogP contribution in [0.25, 0.3) is 0 Å². The van der Waals surface area contributed by atoms with Gasteiger partial charge in [0.1, 0.15) is 6.04 Å². The smallest absolute Gasteiger partial charge is 0.264 e. The number of piperidine rings is 2. The van der Waals surface area contributed by atoms with Crippen molar-refractivity contribution in [3.05, 3.63) is 29.3 Å². The quantitative estimate of drug-likeness (QED) is 0.550. The van der Waals surface area contributed by atoms with E-state index in [0.717, 1.165) is 43.9 Å². The van der Waals surface area contributed by atoms with Crippen LogP contribution in [-0.4, -0.2) is 78.1 Å². The molecule has 0 radical (unpaired) electrons. The van der Waals surface area contributed by atoms with Gasteiger partial charge in [-0.25, -0.2) is 0 Å². The fourth-order valence-corrected chi connectivity index (χ4v) is 5.18. The first kappa shape index (κ1) is 20.6. The summed E-state index contributed by atoms with van der Waals surface area (Å²) in [6.07, 6.45) is 2.41. The number of benzene rings is 1. The lowest BCUT2D eigenvalue weighted by molar-refractivity contribution is -0.142. The van der Waals surface area contributed by atoms with E-state index in [1.54, 1.807) is 12.1 Å². The lowest BCUT2D eigenvalue weighted by Gasteiger charge is -2.52. The summed E-state index contributed by atoms with van der Waals surface area (Å²) < 4.78 is 0. The molecular formula is C22H25N5O5. The average Bonchev–Trinajstić information content (AvgIpc) is 3.02. The molecule has 3 saturated heterocycles. The number of amides is 5. The molecule has 0 saturated carbocycles. The zero-order valence-corrected chi connectivity index (χ0v) is 17.6. The van der Waals surface area contributed by atoms with Gasteiger partial charge in [0.15, 0.2) is 0 Å². The fourth-order valence-electron chi connectivity index (χ4n) is 5.18. The predicted octanol–water partition coefficient (Wildman–Crippen LogP) is -0.288. The first-order valence-electron chi connectivity index (χ1n) is 11.0. The molecule has 1 spiro atoms. The minimum Gasteiger partial charge on any atom is -0.375 e. The van der Waals surface area contributed by atoms with E-state index in [0.29, 0.717) is 5.69 Å². The van der Waals surface area contributed by atoms with Crippen molar-refractivity contribution < 1.29 is 24.0 Å². The largest absolute Gasteiger partial charge is 0.375 e. The highest BCUT2D eigenvalue weighted by molar-refractivity contribution is 6.25.